The van der Waals surface area contributed by atoms with Crippen molar-refractivity contribution < 1.29 is 32.8 Å². The minimum absolute atomic E-state index is 0.00391. The molecule has 18 heavy (non-hydrogen) atoms. The van der Waals surface area contributed by atoms with Gasteiger partial charge in [-0.1, -0.05) is 13.8 Å². The van der Waals surface area contributed by atoms with Gasteiger partial charge in [-0.15, -0.1) is 0 Å². The van der Waals surface area contributed by atoms with Gasteiger partial charge in [0, 0.05) is 0 Å². The zero-order valence-corrected chi connectivity index (χ0v) is 12.1. The summed E-state index contributed by atoms with van der Waals surface area (Å²) in [5, 5.41) is 0. The molecule has 0 heterocycles. The van der Waals surface area contributed by atoms with Crippen molar-refractivity contribution in [3.63, 3.8) is 0 Å². The summed E-state index contributed by atoms with van der Waals surface area (Å²) in [6.45, 7) is 8.11. The van der Waals surface area contributed by atoms with Crippen LogP contribution in [-0.2, 0) is 23.1 Å². The highest BCUT2D eigenvalue weighted by Gasteiger charge is 2.19. The normalized spacial score (nSPS) is 16.4. The molecule has 0 aliphatic heterocycles. The molecule has 0 saturated heterocycles. The predicted molar refractivity (Wildman–Crippen MR) is 61.6 cm³/mol. The zero-order valence-electron chi connectivity index (χ0n) is 11.2. The van der Waals surface area contributed by atoms with Gasteiger partial charge in [0.15, 0.2) is 0 Å². The summed E-state index contributed by atoms with van der Waals surface area (Å²) >= 11 is 0. The van der Waals surface area contributed by atoms with Crippen molar-refractivity contribution in [2.75, 3.05) is 6.61 Å². The third-order valence-electron chi connectivity index (χ3n) is 1.44. The Morgan fingerprint density at radius 1 is 1.17 bits per heavy atom. The lowest BCUT2D eigenvalue weighted by Crippen LogP contribution is -2.23. The number of phosphoric acid groups is 1. The lowest BCUT2D eigenvalue weighted by molar-refractivity contribution is -0.240. The molecule has 0 amide bonds. The molecule has 0 radical (unpaired) electrons. The summed E-state index contributed by atoms with van der Waals surface area (Å²) in [5.74, 6) is 0.0398. The Balaban J connectivity index is 4.09. The lowest BCUT2D eigenvalue weighted by atomic mass is 10.2. The summed E-state index contributed by atoms with van der Waals surface area (Å²) in [6, 6.07) is 0. The van der Waals surface area contributed by atoms with E-state index in [4.69, 9.17) is 0 Å². The first-order valence-corrected chi connectivity index (χ1v) is 7.09. The minimum atomic E-state index is -4.48. The van der Waals surface area contributed by atoms with Gasteiger partial charge in [0.05, 0.1) is 12.7 Å². The number of hydrogen-bond acceptors (Lipinski definition) is 7. The highest BCUT2D eigenvalue weighted by atomic mass is 31.2. The van der Waals surface area contributed by atoms with Crippen molar-refractivity contribution in [3.8, 4) is 0 Å². The van der Waals surface area contributed by atoms with Crippen LogP contribution in [0.15, 0.2) is 0 Å². The van der Waals surface area contributed by atoms with Gasteiger partial charge in [0.2, 0.25) is 6.29 Å². The van der Waals surface area contributed by atoms with Gasteiger partial charge in [0.25, 0.3) is 7.82 Å². The Morgan fingerprint density at radius 2 is 1.72 bits per heavy atom. The molecule has 0 aliphatic rings. The molecule has 0 bridgehead atoms. The second-order valence-corrected chi connectivity index (χ2v) is 5.71. The molecule has 8 heteroatoms. The first kappa shape index (κ1) is 17.4. The van der Waals surface area contributed by atoms with E-state index < -0.39 is 20.3 Å². The Bertz CT molecular complexity index is 303. The number of phosphoric ester groups is 1. The van der Waals surface area contributed by atoms with E-state index >= 15 is 0 Å². The number of hydrogen-bond donors (Lipinski definition) is 0. The van der Waals surface area contributed by atoms with Crippen molar-refractivity contribution in [1.29, 1.82) is 0 Å². The molecule has 0 N–H and O–H groups in total. The smallest absolute Gasteiger partial charge is 0.510 e. The Hall–Kier alpha value is -0.620. The molecule has 0 spiro atoms. The molecule has 0 aliphatic carbocycles. The third kappa shape index (κ3) is 9.41. The Labute approximate surface area is 107 Å². The van der Waals surface area contributed by atoms with Gasteiger partial charge >= 0.3 is 6.16 Å². The average Bonchev–Trinajstić information content (AvgIpc) is 2.11. The van der Waals surface area contributed by atoms with E-state index in [1.807, 2.05) is 0 Å². The van der Waals surface area contributed by atoms with E-state index in [1.165, 1.54) is 6.92 Å². The van der Waals surface area contributed by atoms with Crippen LogP contribution in [-0.4, -0.2) is 25.2 Å². The largest absolute Gasteiger partial charge is 0.756 e. The molecule has 0 saturated carbocycles. The number of carbonyl (C=O) groups is 1. The van der Waals surface area contributed by atoms with Crippen LogP contribution in [0.3, 0.4) is 0 Å². The highest BCUT2D eigenvalue weighted by molar-refractivity contribution is 7.45. The van der Waals surface area contributed by atoms with Crippen LogP contribution in [0.2, 0.25) is 0 Å². The predicted octanol–water partition coefficient (Wildman–Crippen LogP) is 2.05. The van der Waals surface area contributed by atoms with Gasteiger partial charge < -0.3 is 18.9 Å². The summed E-state index contributed by atoms with van der Waals surface area (Å²) in [6.07, 6.45) is -2.66. The van der Waals surface area contributed by atoms with Gasteiger partial charge in [-0.25, -0.2) is 4.79 Å². The monoisotopic (exact) mass is 283 g/mol. The van der Waals surface area contributed by atoms with Crippen LogP contribution in [0.1, 0.15) is 34.6 Å². The van der Waals surface area contributed by atoms with Crippen LogP contribution < -0.4 is 4.89 Å². The van der Waals surface area contributed by atoms with Gasteiger partial charge in [-0.05, 0) is 26.7 Å². The summed E-state index contributed by atoms with van der Waals surface area (Å²) in [5.41, 5.74) is 0. The standard InChI is InChI=1S/C10H21O7P/c1-7(2)6-14-18(12,13)17-9(5)16-10(11)15-8(3)4/h7-9H,6H2,1-5H3,(H,12,13)/p-1. The SMILES string of the molecule is CC(C)COP(=O)([O-])OC(C)OC(=O)OC(C)C. The summed E-state index contributed by atoms with van der Waals surface area (Å²) in [4.78, 5) is 22.4. The maximum Gasteiger partial charge on any atom is 0.510 e. The van der Waals surface area contributed by atoms with Crippen molar-refractivity contribution >= 4 is 14.0 Å². The summed E-state index contributed by atoms with van der Waals surface area (Å²) < 4.78 is 29.6. The van der Waals surface area contributed by atoms with Crippen molar-refractivity contribution in [2.24, 2.45) is 5.92 Å². The molecular weight excluding hydrogens is 263 g/mol. The zero-order chi connectivity index (χ0) is 14.3. The first-order valence-electron chi connectivity index (χ1n) is 5.63. The number of ether oxygens (including phenoxy) is 2. The Morgan fingerprint density at radius 3 is 2.17 bits per heavy atom. The fourth-order valence-electron chi connectivity index (χ4n) is 0.830. The second kappa shape index (κ2) is 7.74. The fraction of sp³-hybridized carbons (Fsp3) is 0.900. The third-order valence-corrected chi connectivity index (χ3v) is 2.46. The minimum Gasteiger partial charge on any atom is -0.756 e. The molecule has 7 nitrogen and oxygen atoms in total. The highest BCUT2D eigenvalue weighted by Crippen LogP contribution is 2.40. The van der Waals surface area contributed by atoms with Crippen molar-refractivity contribution in [1.82, 2.24) is 0 Å². The maximum absolute atomic E-state index is 11.3. The molecule has 2 atom stereocenters. The van der Waals surface area contributed by atoms with E-state index in [9.17, 15) is 14.3 Å². The molecule has 0 aromatic carbocycles. The topological polar surface area (TPSA) is 94.1 Å². The van der Waals surface area contributed by atoms with Crippen LogP contribution in [0.25, 0.3) is 0 Å². The van der Waals surface area contributed by atoms with Crippen LogP contribution in [0.4, 0.5) is 4.79 Å². The quantitative estimate of drug-likeness (QED) is 0.401. The van der Waals surface area contributed by atoms with E-state index in [0.717, 1.165) is 0 Å². The molecule has 0 aromatic heterocycles. The number of rotatable bonds is 7. The van der Waals surface area contributed by atoms with Gasteiger partial charge in [0.1, 0.15) is 0 Å². The van der Waals surface area contributed by atoms with E-state index in [1.54, 1.807) is 27.7 Å². The van der Waals surface area contributed by atoms with E-state index in [-0.39, 0.29) is 18.6 Å². The van der Waals surface area contributed by atoms with Crippen LogP contribution in [0, 0.1) is 5.92 Å². The van der Waals surface area contributed by atoms with Crippen LogP contribution >= 0.6 is 7.82 Å². The molecule has 0 fully saturated rings. The molecule has 2 unspecified atom stereocenters. The van der Waals surface area contributed by atoms with Crippen molar-refractivity contribution in [2.45, 2.75) is 47.0 Å². The molecule has 108 valence electrons. The molecular formula is C10H20O7P-. The van der Waals surface area contributed by atoms with E-state index in [2.05, 4.69) is 18.5 Å². The first-order chi connectivity index (χ1) is 8.12. The molecule has 0 rings (SSSR count). The maximum atomic E-state index is 11.3. The average molecular weight is 283 g/mol. The van der Waals surface area contributed by atoms with Gasteiger partial charge in [-0.3, -0.25) is 9.09 Å². The van der Waals surface area contributed by atoms with E-state index in [0.29, 0.717) is 0 Å². The van der Waals surface area contributed by atoms with Gasteiger partial charge in [-0.2, -0.15) is 0 Å². The van der Waals surface area contributed by atoms with Crippen LogP contribution in [0.5, 0.6) is 0 Å². The summed E-state index contributed by atoms with van der Waals surface area (Å²) in [7, 11) is -4.48. The Kier molecular flexibility index (Phi) is 7.47. The van der Waals surface area contributed by atoms with Crippen molar-refractivity contribution in [3.05, 3.63) is 0 Å². The lowest BCUT2D eigenvalue weighted by Gasteiger charge is -2.26. The number of carbonyl (C=O) groups excluding carboxylic acids is 1. The molecule has 0 aromatic rings. The fourth-order valence-corrected chi connectivity index (χ4v) is 1.78. The second-order valence-electron chi connectivity index (χ2n) is 4.34.